The van der Waals surface area contributed by atoms with Gasteiger partial charge in [0.15, 0.2) is 0 Å². The average Bonchev–Trinajstić information content (AvgIpc) is 2.69. The van der Waals surface area contributed by atoms with E-state index in [0.29, 0.717) is 10.0 Å². The molecule has 0 fully saturated rings. The second kappa shape index (κ2) is 4.49. The molecule has 3 heteroatoms. The van der Waals surface area contributed by atoms with Gasteiger partial charge in [0.2, 0.25) is 0 Å². The molecule has 18 heavy (non-hydrogen) atoms. The van der Waals surface area contributed by atoms with Crippen LogP contribution in [0.15, 0.2) is 36.4 Å². The summed E-state index contributed by atoms with van der Waals surface area (Å²) in [6.45, 7) is 2.08. The summed E-state index contributed by atoms with van der Waals surface area (Å²) in [6, 6.07) is 11.7. The minimum Gasteiger partial charge on any atom is -0.489 e. The Bertz CT molecular complexity index is 607. The van der Waals surface area contributed by atoms with Gasteiger partial charge in [0, 0.05) is 22.6 Å². The van der Waals surface area contributed by atoms with E-state index in [1.807, 2.05) is 24.3 Å². The number of para-hydroxylation sites is 1. The first-order valence-corrected chi connectivity index (χ1v) is 6.64. The molecule has 2 aromatic carbocycles. The summed E-state index contributed by atoms with van der Waals surface area (Å²) in [7, 11) is 0. The van der Waals surface area contributed by atoms with Crippen molar-refractivity contribution in [3.63, 3.8) is 0 Å². The van der Waals surface area contributed by atoms with Crippen molar-refractivity contribution < 1.29 is 4.74 Å². The third kappa shape index (κ3) is 1.98. The van der Waals surface area contributed by atoms with Gasteiger partial charge < -0.3 is 4.74 Å². The van der Waals surface area contributed by atoms with Crippen LogP contribution in [0.1, 0.15) is 12.5 Å². The fourth-order valence-electron chi connectivity index (χ4n) is 2.36. The van der Waals surface area contributed by atoms with E-state index < -0.39 is 0 Å². The van der Waals surface area contributed by atoms with E-state index in [9.17, 15) is 0 Å². The van der Waals surface area contributed by atoms with Crippen LogP contribution in [0.3, 0.4) is 0 Å². The number of fused-ring (bicyclic) bond motifs is 1. The molecule has 2 aromatic rings. The monoisotopic (exact) mass is 278 g/mol. The van der Waals surface area contributed by atoms with Crippen molar-refractivity contribution in [2.24, 2.45) is 0 Å². The lowest BCUT2D eigenvalue weighted by Crippen LogP contribution is -2.05. The molecule has 1 atom stereocenters. The highest BCUT2D eigenvalue weighted by Crippen LogP contribution is 2.41. The Balaban J connectivity index is 2.16. The van der Waals surface area contributed by atoms with Crippen LogP contribution in [-0.4, -0.2) is 6.10 Å². The van der Waals surface area contributed by atoms with Gasteiger partial charge in [0.05, 0.1) is 5.02 Å². The van der Waals surface area contributed by atoms with E-state index in [2.05, 4.69) is 13.0 Å². The van der Waals surface area contributed by atoms with E-state index >= 15 is 0 Å². The first kappa shape index (κ1) is 11.9. The zero-order chi connectivity index (χ0) is 12.7. The predicted molar refractivity (Wildman–Crippen MR) is 75.7 cm³/mol. The third-order valence-corrected chi connectivity index (χ3v) is 3.69. The molecule has 1 heterocycles. The maximum absolute atomic E-state index is 6.26. The van der Waals surface area contributed by atoms with Crippen molar-refractivity contribution in [3.05, 3.63) is 52.0 Å². The molecular weight excluding hydrogens is 267 g/mol. The fourth-order valence-corrected chi connectivity index (χ4v) is 2.87. The van der Waals surface area contributed by atoms with E-state index in [4.69, 9.17) is 27.9 Å². The maximum Gasteiger partial charge on any atom is 0.130 e. The Hall–Kier alpha value is -1.18. The highest BCUT2D eigenvalue weighted by molar-refractivity contribution is 6.36. The summed E-state index contributed by atoms with van der Waals surface area (Å²) in [5.74, 6) is 0.953. The minimum absolute atomic E-state index is 0.229. The predicted octanol–water partition coefficient (Wildman–Crippen LogP) is 4.98. The quantitative estimate of drug-likeness (QED) is 0.715. The van der Waals surface area contributed by atoms with Crippen LogP contribution in [0, 0.1) is 0 Å². The SMILES string of the molecule is CC1Cc2cccc(-c3ccc(Cl)cc3Cl)c2O1. The normalized spacial score (nSPS) is 17.4. The molecule has 0 aliphatic carbocycles. The van der Waals surface area contributed by atoms with Gasteiger partial charge >= 0.3 is 0 Å². The molecule has 1 aliphatic heterocycles. The van der Waals surface area contributed by atoms with Gasteiger partial charge in [-0.15, -0.1) is 0 Å². The number of ether oxygens (including phenoxy) is 1. The molecular formula is C15H12Cl2O. The Morgan fingerprint density at radius 1 is 1.11 bits per heavy atom. The maximum atomic E-state index is 6.26. The molecule has 0 spiro atoms. The van der Waals surface area contributed by atoms with Crippen molar-refractivity contribution in [3.8, 4) is 16.9 Å². The second-order valence-corrected chi connectivity index (χ2v) is 5.39. The van der Waals surface area contributed by atoms with Gasteiger partial charge in [-0.2, -0.15) is 0 Å². The number of halogens is 2. The van der Waals surface area contributed by atoms with Gasteiger partial charge in [0.25, 0.3) is 0 Å². The van der Waals surface area contributed by atoms with E-state index in [1.54, 1.807) is 6.07 Å². The molecule has 1 aliphatic rings. The van der Waals surface area contributed by atoms with Crippen LogP contribution < -0.4 is 4.74 Å². The summed E-state index contributed by atoms with van der Waals surface area (Å²) in [4.78, 5) is 0. The molecule has 0 bridgehead atoms. The van der Waals surface area contributed by atoms with E-state index in [-0.39, 0.29) is 6.10 Å². The molecule has 0 saturated carbocycles. The van der Waals surface area contributed by atoms with E-state index in [0.717, 1.165) is 23.3 Å². The van der Waals surface area contributed by atoms with E-state index in [1.165, 1.54) is 5.56 Å². The van der Waals surface area contributed by atoms with Crippen LogP contribution in [0.25, 0.3) is 11.1 Å². The van der Waals surface area contributed by atoms with Gasteiger partial charge in [0.1, 0.15) is 11.9 Å². The summed E-state index contributed by atoms with van der Waals surface area (Å²) < 4.78 is 5.89. The van der Waals surface area contributed by atoms with Crippen molar-refractivity contribution in [1.82, 2.24) is 0 Å². The van der Waals surface area contributed by atoms with Gasteiger partial charge in [-0.05, 0) is 24.6 Å². The molecule has 1 unspecified atom stereocenters. The topological polar surface area (TPSA) is 9.23 Å². The highest BCUT2D eigenvalue weighted by atomic mass is 35.5. The molecule has 92 valence electrons. The molecule has 3 rings (SSSR count). The van der Waals surface area contributed by atoms with Crippen molar-refractivity contribution >= 4 is 23.2 Å². The lowest BCUT2D eigenvalue weighted by atomic mass is 10.0. The summed E-state index contributed by atoms with van der Waals surface area (Å²) >= 11 is 12.2. The van der Waals surface area contributed by atoms with Crippen molar-refractivity contribution in [2.75, 3.05) is 0 Å². The van der Waals surface area contributed by atoms with Crippen LogP contribution in [-0.2, 0) is 6.42 Å². The fraction of sp³-hybridized carbons (Fsp3) is 0.200. The minimum atomic E-state index is 0.229. The number of benzene rings is 2. The zero-order valence-electron chi connectivity index (χ0n) is 9.91. The smallest absolute Gasteiger partial charge is 0.130 e. The Kier molecular flexibility index (Phi) is 2.96. The summed E-state index contributed by atoms with van der Waals surface area (Å²) in [5.41, 5.74) is 3.25. The van der Waals surface area contributed by atoms with Crippen LogP contribution in [0.5, 0.6) is 5.75 Å². The van der Waals surface area contributed by atoms with Crippen molar-refractivity contribution in [2.45, 2.75) is 19.4 Å². The number of hydrogen-bond donors (Lipinski definition) is 0. The van der Waals surface area contributed by atoms with Crippen LogP contribution in [0.4, 0.5) is 0 Å². The van der Waals surface area contributed by atoms with Gasteiger partial charge in [-0.1, -0.05) is 47.5 Å². The zero-order valence-corrected chi connectivity index (χ0v) is 11.4. The largest absolute Gasteiger partial charge is 0.489 e. The Labute approximate surface area is 116 Å². The first-order valence-electron chi connectivity index (χ1n) is 5.89. The van der Waals surface area contributed by atoms with Crippen LogP contribution >= 0.6 is 23.2 Å². The summed E-state index contributed by atoms with van der Waals surface area (Å²) in [5, 5.41) is 1.30. The average molecular weight is 279 g/mol. The molecule has 0 N–H and O–H groups in total. The lowest BCUT2D eigenvalue weighted by molar-refractivity contribution is 0.255. The molecule has 1 nitrogen and oxygen atoms in total. The highest BCUT2D eigenvalue weighted by Gasteiger charge is 2.23. The molecule has 0 radical (unpaired) electrons. The van der Waals surface area contributed by atoms with Gasteiger partial charge in [-0.3, -0.25) is 0 Å². The molecule has 0 aromatic heterocycles. The number of rotatable bonds is 1. The molecule has 0 amide bonds. The number of hydrogen-bond acceptors (Lipinski definition) is 1. The van der Waals surface area contributed by atoms with Gasteiger partial charge in [-0.25, -0.2) is 0 Å². The second-order valence-electron chi connectivity index (χ2n) is 4.55. The van der Waals surface area contributed by atoms with Crippen LogP contribution in [0.2, 0.25) is 10.0 Å². The third-order valence-electron chi connectivity index (χ3n) is 3.14. The standard InChI is InChI=1S/C15H12Cl2O/c1-9-7-10-3-2-4-13(15(10)18-9)12-6-5-11(16)8-14(12)17/h2-6,8-9H,7H2,1H3. The Morgan fingerprint density at radius 3 is 2.72 bits per heavy atom. The Morgan fingerprint density at radius 2 is 1.94 bits per heavy atom. The molecule has 0 saturated heterocycles. The lowest BCUT2D eigenvalue weighted by Gasteiger charge is -2.11. The summed E-state index contributed by atoms with van der Waals surface area (Å²) in [6.07, 6.45) is 1.18. The van der Waals surface area contributed by atoms with Crippen molar-refractivity contribution in [1.29, 1.82) is 0 Å². The first-order chi connectivity index (χ1) is 8.65.